The fraction of sp³-hybridized carbons (Fsp3) is 0.385. The Hall–Kier alpha value is -2.04. The van der Waals surface area contributed by atoms with Gasteiger partial charge in [-0.15, -0.1) is 0 Å². The van der Waals surface area contributed by atoms with Crippen molar-refractivity contribution in [2.24, 2.45) is 0 Å². The Balaban J connectivity index is 2.52. The summed E-state index contributed by atoms with van der Waals surface area (Å²) >= 11 is 0. The molecule has 0 heterocycles. The molecule has 5 nitrogen and oxygen atoms in total. The Morgan fingerprint density at radius 2 is 1.89 bits per heavy atom. The normalized spacial score (nSPS) is 11.5. The molecule has 0 saturated carbocycles. The zero-order chi connectivity index (χ0) is 13.5. The molecule has 0 unspecified atom stereocenters. The first kappa shape index (κ1) is 14.0. The average molecular weight is 251 g/mol. The van der Waals surface area contributed by atoms with Crippen molar-refractivity contribution in [1.29, 1.82) is 0 Å². The largest absolute Gasteiger partial charge is 0.469 e. The summed E-state index contributed by atoms with van der Waals surface area (Å²) in [5.74, 6) is -0.116. The quantitative estimate of drug-likeness (QED) is 0.640. The Morgan fingerprint density at radius 3 is 2.39 bits per heavy atom. The van der Waals surface area contributed by atoms with E-state index in [9.17, 15) is 9.59 Å². The number of nitrogens with one attached hydrogen (secondary N) is 1. The van der Waals surface area contributed by atoms with Crippen LogP contribution < -0.4 is 10.1 Å². The molecule has 98 valence electrons. The van der Waals surface area contributed by atoms with Crippen LogP contribution in [0.4, 0.5) is 5.69 Å². The van der Waals surface area contributed by atoms with Gasteiger partial charge in [-0.2, -0.15) is 0 Å². The maximum absolute atomic E-state index is 11.1. The zero-order valence-electron chi connectivity index (χ0n) is 10.7. The second kappa shape index (κ2) is 6.64. The minimum Gasteiger partial charge on any atom is -0.469 e. The standard InChI is InChI=1S/C13H17NO4/c1-9(8-13(16)17-3)14-11-4-6-12(7-5-11)18-10(2)15/h4-7,9,14H,8H2,1-3H3/t9-/m1/s1. The van der Waals surface area contributed by atoms with Crippen LogP contribution in [0.1, 0.15) is 20.3 Å². The topological polar surface area (TPSA) is 64.6 Å². The lowest BCUT2D eigenvalue weighted by molar-refractivity contribution is -0.140. The van der Waals surface area contributed by atoms with E-state index in [-0.39, 0.29) is 18.0 Å². The van der Waals surface area contributed by atoms with Gasteiger partial charge in [-0.25, -0.2) is 0 Å². The molecule has 0 aliphatic rings. The van der Waals surface area contributed by atoms with Crippen molar-refractivity contribution in [3.8, 4) is 5.75 Å². The zero-order valence-corrected chi connectivity index (χ0v) is 10.7. The van der Waals surface area contributed by atoms with E-state index in [0.29, 0.717) is 12.2 Å². The van der Waals surface area contributed by atoms with Crippen molar-refractivity contribution in [3.63, 3.8) is 0 Å². The van der Waals surface area contributed by atoms with Gasteiger partial charge in [0.2, 0.25) is 0 Å². The number of carbonyl (C=O) groups excluding carboxylic acids is 2. The van der Waals surface area contributed by atoms with Gasteiger partial charge in [-0.05, 0) is 31.2 Å². The number of hydrogen-bond donors (Lipinski definition) is 1. The van der Waals surface area contributed by atoms with E-state index in [2.05, 4.69) is 10.1 Å². The number of carbonyl (C=O) groups is 2. The van der Waals surface area contributed by atoms with E-state index >= 15 is 0 Å². The summed E-state index contributed by atoms with van der Waals surface area (Å²) in [4.78, 5) is 21.8. The van der Waals surface area contributed by atoms with Crippen molar-refractivity contribution >= 4 is 17.6 Å². The maximum atomic E-state index is 11.1. The molecule has 0 aromatic heterocycles. The second-order valence-corrected chi connectivity index (χ2v) is 3.94. The Morgan fingerprint density at radius 1 is 1.28 bits per heavy atom. The molecule has 1 atom stereocenters. The van der Waals surface area contributed by atoms with Gasteiger partial charge >= 0.3 is 11.9 Å². The van der Waals surface area contributed by atoms with Crippen LogP contribution in [0.2, 0.25) is 0 Å². The molecule has 0 fully saturated rings. The van der Waals surface area contributed by atoms with Gasteiger partial charge < -0.3 is 14.8 Å². The molecule has 0 radical (unpaired) electrons. The van der Waals surface area contributed by atoms with Gasteiger partial charge in [0.05, 0.1) is 13.5 Å². The number of methoxy groups -OCH3 is 1. The first-order chi connectivity index (χ1) is 8.51. The first-order valence-corrected chi connectivity index (χ1v) is 5.63. The van der Waals surface area contributed by atoms with Crippen molar-refractivity contribution in [1.82, 2.24) is 0 Å². The Labute approximate surface area is 106 Å². The van der Waals surface area contributed by atoms with Crippen molar-refractivity contribution < 1.29 is 19.1 Å². The molecule has 0 amide bonds. The Bertz CT molecular complexity index is 414. The minimum atomic E-state index is -0.352. The van der Waals surface area contributed by atoms with Crippen LogP contribution in [0.15, 0.2) is 24.3 Å². The number of esters is 2. The van der Waals surface area contributed by atoms with Gasteiger partial charge in [0, 0.05) is 18.7 Å². The molecule has 0 saturated heterocycles. The average Bonchev–Trinajstić information content (AvgIpc) is 2.30. The number of ether oxygens (including phenoxy) is 2. The monoisotopic (exact) mass is 251 g/mol. The SMILES string of the molecule is COC(=O)C[C@@H](C)Nc1ccc(OC(C)=O)cc1. The molecule has 0 aliphatic carbocycles. The Kier molecular flexibility index (Phi) is 5.17. The molecule has 0 aliphatic heterocycles. The van der Waals surface area contributed by atoms with Crippen molar-refractivity contribution in [2.75, 3.05) is 12.4 Å². The van der Waals surface area contributed by atoms with E-state index in [1.54, 1.807) is 24.3 Å². The smallest absolute Gasteiger partial charge is 0.308 e. The molecule has 1 N–H and O–H groups in total. The third-order valence-electron chi connectivity index (χ3n) is 2.23. The van der Waals surface area contributed by atoms with E-state index in [4.69, 9.17) is 4.74 Å². The highest BCUT2D eigenvalue weighted by Gasteiger charge is 2.08. The molecule has 0 spiro atoms. The van der Waals surface area contributed by atoms with Gasteiger partial charge in [0.1, 0.15) is 5.75 Å². The van der Waals surface area contributed by atoms with Gasteiger partial charge in [-0.3, -0.25) is 9.59 Å². The number of anilines is 1. The summed E-state index contributed by atoms with van der Waals surface area (Å²) in [6, 6.07) is 6.92. The summed E-state index contributed by atoms with van der Waals surface area (Å²) in [7, 11) is 1.36. The summed E-state index contributed by atoms with van der Waals surface area (Å²) in [6.07, 6.45) is 0.294. The summed E-state index contributed by atoms with van der Waals surface area (Å²) in [6.45, 7) is 3.24. The highest BCUT2D eigenvalue weighted by atomic mass is 16.5. The fourth-order valence-corrected chi connectivity index (χ4v) is 1.45. The molecule has 18 heavy (non-hydrogen) atoms. The molecule has 1 aromatic carbocycles. The van der Waals surface area contributed by atoms with Gasteiger partial charge in [-0.1, -0.05) is 0 Å². The van der Waals surface area contributed by atoms with Gasteiger partial charge in [0.15, 0.2) is 0 Å². The van der Waals surface area contributed by atoms with Crippen LogP contribution in [0.25, 0.3) is 0 Å². The highest BCUT2D eigenvalue weighted by Crippen LogP contribution is 2.17. The number of hydrogen-bond acceptors (Lipinski definition) is 5. The molecule has 1 rings (SSSR count). The van der Waals surface area contributed by atoms with Gasteiger partial charge in [0.25, 0.3) is 0 Å². The van der Waals surface area contributed by atoms with E-state index < -0.39 is 0 Å². The highest BCUT2D eigenvalue weighted by molar-refractivity contribution is 5.71. The minimum absolute atomic E-state index is 0.0305. The van der Waals surface area contributed by atoms with Crippen molar-refractivity contribution in [3.05, 3.63) is 24.3 Å². The van der Waals surface area contributed by atoms with Crippen LogP contribution in [-0.2, 0) is 14.3 Å². The maximum Gasteiger partial charge on any atom is 0.308 e. The summed E-state index contributed by atoms with van der Waals surface area (Å²) in [5, 5.41) is 3.15. The van der Waals surface area contributed by atoms with E-state index in [1.165, 1.54) is 14.0 Å². The second-order valence-electron chi connectivity index (χ2n) is 3.94. The van der Waals surface area contributed by atoms with Crippen LogP contribution in [0.3, 0.4) is 0 Å². The van der Waals surface area contributed by atoms with Crippen LogP contribution in [0, 0.1) is 0 Å². The fourth-order valence-electron chi connectivity index (χ4n) is 1.45. The lowest BCUT2D eigenvalue weighted by Crippen LogP contribution is -2.20. The predicted octanol–water partition coefficient (Wildman–Crippen LogP) is 1.98. The molecule has 0 bridgehead atoms. The summed E-state index contributed by atoms with van der Waals surface area (Å²) < 4.78 is 9.50. The summed E-state index contributed by atoms with van der Waals surface area (Å²) in [5.41, 5.74) is 0.849. The number of benzene rings is 1. The molecular weight excluding hydrogens is 234 g/mol. The number of rotatable bonds is 5. The van der Waals surface area contributed by atoms with Crippen LogP contribution >= 0.6 is 0 Å². The third-order valence-corrected chi connectivity index (χ3v) is 2.23. The van der Waals surface area contributed by atoms with Crippen LogP contribution in [0.5, 0.6) is 5.75 Å². The molecular formula is C13H17NO4. The van der Waals surface area contributed by atoms with Crippen molar-refractivity contribution in [2.45, 2.75) is 26.3 Å². The molecule has 5 heteroatoms. The van der Waals surface area contributed by atoms with E-state index in [0.717, 1.165) is 5.69 Å². The third kappa shape index (κ3) is 4.86. The predicted molar refractivity (Wildman–Crippen MR) is 67.5 cm³/mol. The lowest BCUT2D eigenvalue weighted by Gasteiger charge is -2.14. The van der Waals surface area contributed by atoms with E-state index in [1.807, 2.05) is 6.92 Å². The lowest BCUT2D eigenvalue weighted by atomic mass is 10.2. The molecule has 1 aromatic rings. The van der Waals surface area contributed by atoms with Crippen LogP contribution in [-0.4, -0.2) is 25.1 Å². The first-order valence-electron chi connectivity index (χ1n) is 5.63.